The number of carboxylic acids is 1. The van der Waals surface area contributed by atoms with E-state index in [1.165, 1.54) is 22.7 Å². The average Bonchev–Trinajstić information content (AvgIpc) is 2.85. The van der Waals surface area contributed by atoms with E-state index in [0.717, 1.165) is 16.3 Å². The second kappa shape index (κ2) is 5.16. The lowest BCUT2D eigenvalue weighted by Gasteiger charge is -1.93. The van der Waals surface area contributed by atoms with Crippen LogP contribution in [0.2, 0.25) is 4.34 Å². The van der Waals surface area contributed by atoms with Crippen molar-refractivity contribution in [2.75, 3.05) is 0 Å². The van der Waals surface area contributed by atoms with Gasteiger partial charge in [-0.15, -0.1) is 22.7 Å². The van der Waals surface area contributed by atoms with Crippen LogP contribution >= 0.6 is 34.3 Å². The third kappa shape index (κ3) is 2.68. The number of aromatic nitrogens is 1. The minimum absolute atomic E-state index is 0.339. The third-order valence-electron chi connectivity index (χ3n) is 2.16. The number of carboxylic acid groups (broad SMARTS) is 1. The third-order valence-corrected chi connectivity index (χ3v) is 4.65. The van der Waals surface area contributed by atoms with Gasteiger partial charge in [-0.3, -0.25) is 0 Å². The van der Waals surface area contributed by atoms with E-state index in [1.54, 1.807) is 6.07 Å². The van der Waals surface area contributed by atoms with Gasteiger partial charge in [0.15, 0.2) is 0 Å². The zero-order chi connectivity index (χ0) is 12.4. The SMILES string of the molecule is CCCc1nc(-c2ccc(Cl)s2)sc1C(=O)O. The maximum absolute atomic E-state index is 11.1. The molecule has 0 saturated heterocycles. The summed E-state index contributed by atoms with van der Waals surface area (Å²) in [5.41, 5.74) is 0.671. The zero-order valence-corrected chi connectivity index (χ0v) is 11.5. The lowest BCUT2D eigenvalue weighted by atomic mass is 10.2. The number of thiazole rings is 1. The summed E-state index contributed by atoms with van der Waals surface area (Å²) in [6.07, 6.45) is 1.58. The van der Waals surface area contributed by atoms with Crippen LogP contribution in [0.5, 0.6) is 0 Å². The van der Waals surface area contributed by atoms with Crippen molar-refractivity contribution in [3.8, 4) is 9.88 Å². The molecule has 3 nitrogen and oxygen atoms in total. The van der Waals surface area contributed by atoms with E-state index < -0.39 is 5.97 Å². The standard InChI is InChI=1S/C11H10ClNO2S2/c1-2-3-6-9(11(14)15)17-10(13-6)7-4-5-8(12)16-7/h4-5H,2-3H2,1H3,(H,14,15). The molecular formula is C11H10ClNO2S2. The molecule has 6 heteroatoms. The fraction of sp³-hybridized carbons (Fsp3) is 0.273. The van der Waals surface area contributed by atoms with Crippen molar-refractivity contribution >= 4 is 40.2 Å². The van der Waals surface area contributed by atoms with Crippen LogP contribution < -0.4 is 0 Å². The second-order valence-electron chi connectivity index (χ2n) is 3.45. The number of nitrogens with zero attached hydrogens (tertiary/aromatic N) is 1. The molecule has 0 radical (unpaired) electrons. The van der Waals surface area contributed by atoms with Crippen LogP contribution in [-0.2, 0) is 6.42 Å². The number of aromatic carboxylic acids is 1. The zero-order valence-electron chi connectivity index (χ0n) is 9.07. The van der Waals surface area contributed by atoms with E-state index in [4.69, 9.17) is 16.7 Å². The minimum atomic E-state index is -0.903. The molecule has 2 rings (SSSR count). The van der Waals surface area contributed by atoms with Crippen LogP contribution in [0.4, 0.5) is 0 Å². The Hall–Kier alpha value is -0.910. The van der Waals surface area contributed by atoms with Crippen molar-refractivity contribution in [2.24, 2.45) is 0 Å². The Kier molecular flexibility index (Phi) is 3.81. The first kappa shape index (κ1) is 12.5. The lowest BCUT2D eigenvalue weighted by Crippen LogP contribution is -1.98. The Morgan fingerprint density at radius 3 is 2.76 bits per heavy atom. The summed E-state index contributed by atoms with van der Waals surface area (Å²) in [5.74, 6) is -0.903. The summed E-state index contributed by atoms with van der Waals surface area (Å²) < 4.78 is 0.684. The van der Waals surface area contributed by atoms with E-state index in [0.29, 0.717) is 21.3 Å². The fourth-order valence-corrected chi connectivity index (χ4v) is 3.51. The summed E-state index contributed by atoms with van der Waals surface area (Å²) in [7, 11) is 0. The Labute approximate surface area is 112 Å². The number of hydrogen-bond acceptors (Lipinski definition) is 4. The molecule has 0 saturated carbocycles. The van der Waals surface area contributed by atoms with Gasteiger partial charge in [-0.2, -0.15) is 0 Å². The van der Waals surface area contributed by atoms with Gasteiger partial charge in [-0.25, -0.2) is 9.78 Å². The summed E-state index contributed by atoms with van der Waals surface area (Å²) in [6, 6.07) is 3.66. The number of halogens is 1. The molecule has 0 aliphatic carbocycles. The van der Waals surface area contributed by atoms with Crippen molar-refractivity contribution < 1.29 is 9.90 Å². The number of thiophene rings is 1. The minimum Gasteiger partial charge on any atom is -0.477 e. The normalized spacial score (nSPS) is 10.7. The summed E-state index contributed by atoms with van der Waals surface area (Å²) in [5, 5.41) is 9.84. The number of aryl methyl sites for hydroxylation is 1. The molecule has 0 bridgehead atoms. The second-order valence-corrected chi connectivity index (χ2v) is 6.17. The topological polar surface area (TPSA) is 50.2 Å². The molecule has 17 heavy (non-hydrogen) atoms. The van der Waals surface area contributed by atoms with E-state index >= 15 is 0 Å². The number of rotatable bonds is 4. The molecule has 1 N–H and O–H groups in total. The molecule has 90 valence electrons. The van der Waals surface area contributed by atoms with E-state index in [2.05, 4.69) is 4.98 Å². The molecular weight excluding hydrogens is 278 g/mol. The highest BCUT2D eigenvalue weighted by atomic mass is 35.5. The Bertz CT molecular complexity index is 547. The van der Waals surface area contributed by atoms with Crippen molar-refractivity contribution in [3.05, 3.63) is 27.0 Å². The predicted octanol–water partition coefficient (Wildman–Crippen LogP) is 4.18. The molecule has 0 aliphatic rings. The monoisotopic (exact) mass is 287 g/mol. The van der Waals surface area contributed by atoms with Crippen LogP contribution in [0.1, 0.15) is 28.7 Å². The van der Waals surface area contributed by atoms with Crippen LogP contribution in [0.25, 0.3) is 9.88 Å². The van der Waals surface area contributed by atoms with Gasteiger partial charge in [0.1, 0.15) is 9.88 Å². The quantitative estimate of drug-likeness (QED) is 0.918. The molecule has 0 fully saturated rings. The Morgan fingerprint density at radius 2 is 2.24 bits per heavy atom. The van der Waals surface area contributed by atoms with E-state index in [9.17, 15) is 4.79 Å². The van der Waals surface area contributed by atoms with Crippen molar-refractivity contribution in [3.63, 3.8) is 0 Å². The molecule has 0 aliphatic heterocycles. The molecule has 0 amide bonds. The molecule has 2 aromatic rings. The summed E-state index contributed by atoms with van der Waals surface area (Å²) in [4.78, 5) is 16.7. The smallest absolute Gasteiger partial charge is 0.347 e. The maximum Gasteiger partial charge on any atom is 0.347 e. The highest BCUT2D eigenvalue weighted by Crippen LogP contribution is 2.35. The van der Waals surface area contributed by atoms with E-state index in [-0.39, 0.29) is 0 Å². The first-order valence-electron chi connectivity index (χ1n) is 5.10. The van der Waals surface area contributed by atoms with Gasteiger partial charge in [0.05, 0.1) is 14.9 Å². The van der Waals surface area contributed by atoms with Crippen LogP contribution in [-0.4, -0.2) is 16.1 Å². The molecule has 2 heterocycles. The van der Waals surface area contributed by atoms with Gasteiger partial charge in [-0.05, 0) is 18.6 Å². The molecule has 0 spiro atoms. The predicted molar refractivity (Wildman–Crippen MR) is 71.4 cm³/mol. The van der Waals surface area contributed by atoms with Gasteiger partial charge in [-0.1, -0.05) is 24.9 Å². The Morgan fingerprint density at radius 1 is 1.47 bits per heavy atom. The fourth-order valence-electron chi connectivity index (χ4n) is 1.46. The summed E-state index contributed by atoms with van der Waals surface area (Å²) in [6.45, 7) is 2.01. The highest BCUT2D eigenvalue weighted by Gasteiger charge is 2.18. The number of carbonyl (C=O) groups is 1. The largest absolute Gasteiger partial charge is 0.477 e. The van der Waals surface area contributed by atoms with Crippen molar-refractivity contribution in [1.29, 1.82) is 0 Å². The lowest BCUT2D eigenvalue weighted by molar-refractivity contribution is 0.0700. The maximum atomic E-state index is 11.1. The molecule has 0 atom stereocenters. The van der Waals surface area contributed by atoms with Crippen LogP contribution in [0, 0.1) is 0 Å². The molecule has 0 aromatic carbocycles. The van der Waals surface area contributed by atoms with Gasteiger partial charge in [0.2, 0.25) is 0 Å². The van der Waals surface area contributed by atoms with E-state index in [1.807, 2.05) is 13.0 Å². The highest BCUT2D eigenvalue weighted by molar-refractivity contribution is 7.24. The van der Waals surface area contributed by atoms with Crippen LogP contribution in [0.3, 0.4) is 0 Å². The van der Waals surface area contributed by atoms with Gasteiger partial charge < -0.3 is 5.11 Å². The van der Waals surface area contributed by atoms with Gasteiger partial charge >= 0.3 is 5.97 Å². The van der Waals surface area contributed by atoms with Crippen molar-refractivity contribution in [1.82, 2.24) is 4.98 Å². The molecule has 2 aromatic heterocycles. The average molecular weight is 288 g/mol. The van der Waals surface area contributed by atoms with Gasteiger partial charge in [0.25, 0.3) is 0 Å². The van der Waals surface area contributed by atoms with Crippen LogP contribution in [0.15, 0.2) is 12.1 Å². The van der Waals surface area contributed by atoms with Crippen molar-refractivity contribution in [2.45, 2.75) is 19.8 Å². The van der Waals surface area contributed by atoms with Gasteiger partial charge in [0, 0.05) is 0 Å². The molecule has 0 unspecified atom stereocenters. The first-order chi connectivity index (χ1) is 8.11. The summed E-state index contributed by atoms with van der Waals surface area (Å²) >= 11 is 8.49. The Balaban J connectivity index is 2.43. The first-order valence-corrected chi connectivity index (χ1v) is 7.11. The number of hydrogen-bond donors (Lipinski definition) is 1.